The van der Waals surface area contributed by atoms with Crippen LogP contribution in [-0.4, -0.2) is 30.5 Å². The molecule has 0 saturated heterocycles. The van der Waals surface area contributed by atoms with Crippen LogP contribution in [0.3, 0.4) is 0 Å². The van der Waals surface area contributed by atoms with Gasteiger partial charge in [-0.15, -0.1) is 24.0 Å². The fourth-order valence-electron chi connectivity index (χ4n) is 2.46. The van der Waals surface area contributed by atoms with E-state index in [1.165, 1.54) is 12.1 Å². The number of nitrogens with zero attached hydrogens (tertiary/aromatic N) is 2. The van der Waals surface area contributed by atoms with Crippen LogP contribution in [0.25, 0.3) is 0 Å². The van der Waals surface area contributed by atoms with E-state index < -0.39 is 0 Å². The third-order valence-corrected chi connectivity index (χ3v) is 4.30. The highest BCUT2D eigenvalue weighted by atomic mass is 127. The smallest absolute Gasteiger partial charge is 0.191 e. The van der Waals surface area contributed by atoms with E-state index in [9.17, 15) is 4.39 Å². The van der Waals surface area contributed by atoms with Crippen molar-refractivity contribution in [1.29, 1.82) is 0 Å². The predicted octanol–water partition coefficient (Wildman–Crippen LogP) is 3.79. The minimum atomic E-state index is -0.305. The first kappa shape index (κ1) is 18.5. The molecule has 0 bridgehead atoms. The Labute approximate surface area is 147 Å². The van der Waals surface area contributed by atoms with Crippen molar-refractivity contribution >= 4 is 41.5 Å². The maximum absolute atomic E-state index is 13.1. The van der Waals surface area contributed by atoms with Gasteiger partial charge in [0, 0.05) is 23.5 Å². The molecule has 6 heteroatoms. The molecule has 0 radical (unpaired) electrons. The molecule has 3 nitrogen and oxygen atoms in total. The molecule has 2 rings (SSSR count). The number of rotatable bonds is 5. The summed E-state index contributed by atoms with van der Waals surface area (Å²) in [6.07, 6.45) is 2.04. The first-order valence-electron chi connectivity index (χ1n) is 7.03. The number of guanidine groups is 1. The largest absolute Gasteiger partial charge is 0.370 e. The lowest BCUT2D eigenvalue weighted by molar-refractivity contribution is 0.456. The molecule has 0 aliphatic heterocycles. The van der Waals surface area contributed by atoms with Crippen molar-refractivity contribution in [3.05, 3.63) is 34.6 Å². The van der Waals surface area contributed by atoms with Crippen molar-refractivity contribution in [3.8, 4) is 0 Å². The molecule has 0 unspecified atom stereocenters. The molecule has 1 aromatic carbocycles. The number of nitrogens with two attached hydrogens (primary N) is 1. The molecular formula is C15H22ClFIN3. The zero-order valence-corrected chi connectivity index (χ0v) is 15.5. The minimum Gasteiger partial charge on any atom is -0.370 e. The topological polar surface area (TPSA) is 41.6 Å². The van der Waals surface area contributed by atoms with Gasteiger partial charge < -0.3 is 10.6 Å². The maximum atomic E-state index is 13.1. The zero-order valence-electron chi connectivity index (χ0n) is 12.4. The minimum absolute atomic E-state index is 0. The molecule has 118 valence electrons. The normalized spacial score (nSPS) is 16.3. The fourth-order valence-corrected chi connectivity index (χ4v) is 2.83. The molecule has 21 heavy (non-hydrogen) atoms. The van der Waals surface area contributed by atoms with E-state index in [4.69, 9.17) is 17.3 Å². The highest BCUT2D eigenvalue weighted by Crippen LogP contribution is 2.50. The van der Waals surface area contributed by atoms with Crippen LogP contribution >= 0.6 is 35.6 Å². The van der Waals surface area contributed by atoms with E-state index in [0.717, 1.165) is 31.5 Å². The summed E-state index contributed by atoms with van der Waals surface area (Å²) >= 11 is 6.16. The second kappa shape index (κ2) is 7.63. The third-order valence-electron chi connectivity index (χ3n) is 3.99. The Hall–Kier alpha value is -0.560. The Kier molecular flexibility index (Phi) is 6.71. The van der Waals surface area contributed by atoms with E-state index in [1.807, 2.05) is 4.90 Å². The molecule has 0 atom stereocenters. The second-order valence-corrected chi connectivity index (χ2v) is 5.66. The van der Waals surface area contributed by atoms with E-state index in [0.29, 0.717) is 17.5 Å². The first-order valence-corrected chi connectivity index (χ1v) is 7.40. The van der Waals surface area contributed by atoms with Gasteiger partial charge in [0.1, 0.15) is 5.82 Å². The van der Waals surface area contributed by atoms with Crippen molar-refractivity contribution in [3.63, 3.8) is 0 Å². The molecule has 0 spiro atoms. The monoisotopic (exact) mass is 425 g/mol. The summed E-state index contributed by atoms with van der Waals surface area (Å²) < 4.78 is 13.1. The van der Waals surface area contributed by atoms with Crippen molar-refractivity contribution in [2.75, 3.05) is 19.6 Å². The van der Waals surface area contributed by atoms with Gasteiger partial charge in [-0.1, -0.05) is 17.7 Å². The van der Waals surface area contributed by atoms with Crippen molar-refractivity contribution in [1.82, 2.24) is 4.90 Å². The Balaban J connectivity index is 0.00000220. The standard InChI is InChI=1S/C15H21ClFN3.HI/c1-3-20(4-2)14(18)19-10-15(7-8-15)12-6-5-11(17)9-13(12)16;/h5-6,9H,3-4,7-8,10H2,1-2H3,(H2,18,19);1H. The average Bonchev–Trinajstić information content (AvgIpc) is 3.19. The molecular weight excluding hydrogens is 404 g/mol. The van der Waals surface area contributed by atoms with Gasteiger partial charge in [0.25, 0.3) is 0 Å². The lowest BCUT2D eigenvalue weighted by Gasteiger charge is -2.21. The van der Waals surface area contributed by atoms with Crippen LogP contribution in [0.5, 0.6) is 0 Å². The summed E-state index contributed by atoms with van der Waals surface area (Å²) in [4.78, 5) is 6.52. The van der Waals surface area contributed by atoms with Gasteiger partial charge in [-0.05, 0) is 44.4 Å². The van der Waals surface area contributed by atoms with Gasteiger partial charge in [0.15, 0.2) is 5.96 Å². The van der Waals surface area contributed by atoms with Gasteiger partial charge in [-0.25, -0.2) is 4.39 Å². The molecule has 2 N–H and O–H groups in total. The summed E-state index contributed by atoms with van der Waals surface area (Å²) in [5.74, 6) is 0.264. The Morgan fingerprint density at radius 1 is 1.38 bits per heavy atom. The maximum Gasteiger partial charge on any atom is 0.191 e. The van der Waals surface area contributed by atoms with E-state index >= 15 is 0 Å². The van der Waals surface area contributed by atoms with Crippen LogP contribution in [0.1, 0.15) is 32.3 Å². The van der Waals surface area contributed by atoms with Gasteiger partial charge in [0.05, 0.1) is 6.54 Å². The summed E-state index contributed by atoms with van der Waals surface area (Å²) in [6.45, 7) is 6.40. The number of halogens is 3. The van der Waals surface area contributed by atoms with Crippen LogP contribution in [0.2, 0.25) is 5.02 Å². The lowest BCUT2D eigenvalue weighted by Crippen LogP contribution is -2.37. The van der Waals surface area contributed by atoms with Gasteiger partial charge in [-0.2, -0.15) is 0 Å². The third kappa shape index (κ3) is 4.22. The van der Waals surface area contributed by atoms with Gasteiger partial charge >= 0.3 is 0 Å². The van der Waals surface area contributed by atoms with E-state index in [-0.39, 0.29) is 35.2 Å². The fraction of sp³-hybridized carbons (Fsp3) is 0.533. The lowest BCUT2D eigenvalue weighted by atomic mass is 9.96. The Morgan fingerprint density at radius 2 is 2.00 bits per heavy atom. The Morgan fingerprint density at radius 3 is 2.48 bits per heavy atom. The molecule has 0 heterocycles. The van der Waals surface area contributed by atoms with Crippen LogP contribution < -0.4 is 5.73 Å². The number of benzene rings is 1. The molecule has 1 fully saturated rings. The predicted molar refractivity (Wildman–Crippen MR) is 97.1 cm³/mol. The van der Waals surface area contributed by atoms with E-state index in [2.05, 4.69) is 18.8 Å². The first-order chi connectivity index (χ1) is 9.52. The van der Waals surface area contributed by atoms with Crippen molar-refractivity contribution in [2.24, 2.45) is 10.7 Å². The quantitative estimate of drug-likeness (QED) is 0.443. The second-order valence-electron chi connectivity index (χ2n) is 5.25. The van der Waals surface area contributed by atoms with Gasteiger partial charge in [0.2, 0.25) is 0 Å². The molecule has 1 aliphatic rings. The average molecular weight is 426 g/mol. The summed E-state index contributed by atoms with van der Waals surface area (Å²) in [5, 5.41) is 0.485. The van der Waals surface area contributed by atoms with E-state index in [1.54, 1.807) is 6.07 Å². The zero-order chi connectivity index (χ0) is 14.8. The van der Waals surface area contributed by atoms with Crippen LogP contribution in [0, 0.1) is 5.82 Å². The highest BCUT2D eigenvalue weighted by Gasteiger charge is 2.45. The molecule has 0 amide bonds. The molecule has 1 aliphatic carbocycles. The van der Waals surface area contributed by atoms with Crippen molar-refractivity contribution < 1.29 is 4.39 Å². The Bertz CT molecular complexity index is 514. The summed E-state index contributed by atoms with van der Waals surface area (Å²) in [6, 6.07) is 4.60. The molecule has 1 aromatic rings. The summed E-state index contributed by atoms with van der Waals surface area (Å²) in [5.41, 5.74) is 6.93. The van der Waals surface area contributed by atoms with Crippen LogP contribution in [0.4, 0.5) is 4.39 Å². The molecule has 1 saturated carbocycles. The van der Waals surface area contributed by atoms with Crippen molar-refractivity contribution in [2.45, 2.75) is 32.1 Å². The summed E-state index contributed by atoms with van der Waals surface area (Å²) in [7, 11) is 0. The number of aliphatic imine (C=N–C) groups is 1. The van der Waals surface area contributed by atoms with Gasteiger partial charge in [-0.3, -0.25) is 4.99 Å². The SMILES string of the molecule is CCN(CC)C(N)=NCC1(c2ccc(F)cc2Cl)CC1.I. The van der Waals surface area contributed by atoms with Crippen LogP contribution in [-0.2, 0) is 5.41 Å². The number of hydrogen-bond acceptors (Lipinski definition) is 1. The number of hydrogen-bond donors (Lipinski definition) is 1. The molecule has 0 aromatic heterocycles. The highest BCUT2D eigenvalue weighted by molar-refractivity contribution is 14.0. The van der Waals surface area contributed by atoms with Crippen LogP contribution in [0.15, 0.2) is 23.2 Å².